The van der Waals surface area contributed by atoms with Crippen LogP contribution in [-0.4, -0.2) is 19.6 Å². The lowest BCUT2D eigenvalue weighted by Gasteiger charge is -2.25. The van der Waals surface area contributed by atoms with Gasteiger partial charge < -0.3 is 5.11 Å². The van der Waals surface area contributed by atoms with E-state index in [4.69, 9.17) is 0 Å². The molecule has 2 aromatic rings. The number of para-hydroxylation sites is 1. The number of thiophene rings is 1. The fourth-order valence-corrected chi connectivity index (χ4v) is 6.26. The Morgan fingerprint density at radius 3 is 2.81 bits per heavy atom. The van der Waals surface area contributed by atoms with Gasteiger partial charge in [0, 0.05) is 6.04 Å². The second kappa shape index (κ2) is 5.12. The summed E-state index contributed by atoms with van der Waals surface area (Å²) in [5.41, 5.74) is 2.49. The second-order valence-electron chi connectivity index (χ2n) is 5.31. The van der Waals surface area contributed by atoms with Crippen molar-refractivity contribution in [3.63, 3.8) is 0 Å². The van der Waals surface area contributed by atoms with Crippen molar-refractivity contribution < 1.29 is 13.5 Å². The molecule has 0 saturated carbocycles. The van der Waals surface area contributed by atoms with Crippen molar-refractivity contribution in [3.05, 3.63) is 45.6 Å². The largest absolute Gasteiger partial charge is 0.391 e. The Kier molecular flexibility index (Phi) is 3.55. The zero-order chi connectivity index (χ0) is 15.2. The summed E-state index contributed by atoms with van der Waals surface area (Å²) in [4.78, 5) is 0.766. The molecule has 21 heavy (non-hydrogen) atoms. The number of aryl methyl sites for hydroxylation is 1. The Morgan fingerprint density at radius 2 is 2.10 bits per heavy atom. The Morgan fingerprint density at radius 1 is 1.38 bits per heavy atom. The molecule has 0 bridgehead atoms. The number of aliphatic hydroxyl groups excluding tert-OH is 1. The molecule has 1 atom stereocenters. The van der Waals surface area contributed by atoms with E-state index in [1.807, 2.05) is 31.2 Å². The molecule has 1 aliphatic rings. The van der Waals surface area contributed by atoms with E-state index < -0.39 is 10.0 Å². The Labute approximate surface area is 128 Å². The topological polar surface area (TPSA) is 57.6 Å². The molecule has 0 aliphatic carbocycles. The molecule has 1 aliphatic heterocycles. The van der Waals surface area contributed by atoms with Crippen molar-refractivity contribution in [1.82, 2.24) is 0 Å². The first-order chi connectivity index (χ1) is 9.96. The van der Waals surface area contributed by atoms with Crippen molar-refractivity contribution in [2.75, 3.05) is 4.31 Å². The summed E-state index contributed by atoms with van der Waals surface area (Å²) in [6.45, 7) is 3.43. The molecule has 3 rings (SSSR count). The summed E-state index contributed by atoms with van der Waals surface area (Å²) in [5, 5.41) is 11.2. The molecule has 0 radical (unpaired) electrons. The number of anilines is 1. The van der Waals surface area contributed by atoms with E-state index in [0.717, 1.165) is 11.3 Å². The lowest BCUT2D eigenvalue weighted by Crippen LogP contribution is -2.36. The van der Waals surface area contributed by atoms with Crippen LogP contribution in [0.25, 0.3) is 0 Å². The average molecular weight is 323 g/mol. The minimum absolute atomic E-state index is 0.113. The quantitative estimate of drug-likeness (QED) is 0.945. The number of hydrogen-bond donors (Lipinski definition) is 1. The molecule has 1 aromatic carbocycles. The highest BCUT2D eigenvalue weighted by molar-refractivity contribution is 7.93. The lowest BCUT2D eigenvalue weighted by molar-refractivity contribution is 0.282. The van der Waals surface area contributed by atoms with Gasteiger partial charge in [-0.25, -0.2) is 8.42 Å². The van der Waals surface area contributed by atoms with Crippen LogP contribution in [0.2, 0.25) is 0 Å². The van der Waals surface area contributed by atoms with Crippen molar-refractivity contribution in [2.45, 2.75) is 37.8 Å². The standard InChI is InChI=1S/C15H17NO3S2/c1-10-9-20-14(8-17)15(10)21(18,19)16-11(2)7-12-5-3-4-6-13(12)16/h3-6,9,11,17H,7-8H2,1-2H3. The molecule has 1 N–H and O–H groups in total. The Balaban J connectivity index is 2.17. The third kappa shape index (κ3) is 2.18. The minimum Gasteiger partial charge on any atom is -0.391 e. The van der Waals surface area contributed by atoms with Crippen LogP contribution in [0.1, 0.15) is 22.9 Å². The van der Waals surface area contributed by atoms with Gasteiger partial charge in [0.1, 0.15) is 4.90 Å². The molecule has 0 amide bonds. The summed E-state index contributed by atoms with van der Waals surface area (Å²) in [5.74, 6) is 0. The summed E-state index contributed by atoms with van der Waals surface area (Å²) in [6, 6.07) is 7.48. The summed E-state index contributed by atoms with van der Waals surface area (Å²) in [7, 11) is -3.65. The number of aliphatic hydroxyl groups is 1. The van der Waals surface area contributed by atoms with Crippen LogP contribution in [0, 0.1) is 6.92 Å². The van der Waals surface area contributed by atoms with Crippen molar-refractivity contribution in [1.29, 1.82) is 0 Å². The number of benzene rings is 1. The monoisotopic (exact) mass is 323 g/mol. The Bertz CT molecular complexity index is 780. The fourth-order valence-electron chi connectivity index (χ4n) is 2.94. The van der Waals surface area contributed by atoms with Gasteiger partial charge in [0.15, 0.2) is 0 Å². The van der Waals surface area contributed by atoms with Crippen LogP contribution in [0.4, 0.5) is 5.69 Å². The smallest absolute Gasteiger partial charge is 0.266 e. The maximum absolute atomic E-state index is 13.1. The lowest BCUT2D eigenvalue weighted by atomic mass is 10.1. The van der Waals surface area contributed by atoms with Gasteiger partial charge in [0.2, 0.25) is 0 Å². The summed E-state index contributed by atoms with van der Waals surface area (Å²) >= 11 is 1.29. The van der Waals surface area contributed by atoms with E-state index in [1.54, 1.807) is 12.3 Å². The molecule has 0 saturated heterocycles. The highest BCUT2D eigenvalue weighted by Crippen LogP contribution is 2.39. The first kappa shape index (κ1) is 14.6. The van der Waals surface area contributed by atoms with Gasteiger partial charge in [0.25, 0.3) is 10.0 Å². The van der Waals surface area contributed by atoms with Gasteiger partial charge in [-0.2, -0.15) is 0 Å². The maximum atomic E-state index is 13.1. The average Bonchev–Trinajstić information content (AvgIpc) is 2.98. The van der Waals surface area contributed by atoms with Crippen LogP contribution in [0.3, 0.4) is 0 Å². The van der Waals surface area contributed by atoms with Crippen LogP contribution < -0.4 is 4.31 Å². The molecular formula is C15H17NO3S2. The van der Waals surface area contributed by atoms with Crippen LogP contribution >= 0.6 is 11.3 Å². The van der Waals surface area contributed by atoms with E-state index in [0.29, 0.717) is 16.9 Å². The number of nitrogens with zero attached hydrogens (tertiary/aromatic N) is 1. The highest BCUT2D eigenvalue weighted by Gasteiger charge is 2.38. The van der Waals surface area contributed by atoms with Crippen LogP contribution in [0.15, 0.2) is 34.5 Å². The predicted octanol–water partition coefficient (Wildman–Crippen LogP) is 2.69. The minimum atomic E-state index is -3.65. The van der Waals surface area contributed by atoms with E-state index >= 15 is 0 Å². The Hall–Kier alpha value is -1.37. The van der Waals surface area contributed by atoms with Crippen LogP contribution in [-0.2, 0) is 23.1 Å². The number of hydrogen-bond acceptors (Lipinski definition) is 4. The zero-order valence-electron chi connectivity index (χ0n) is 11.9. The van der Waals surface area contributed by atoms with Gasteiger partial charge >= 0.3 is 0 Å². The summed E-state index contributed by atoms with van der Waals surface area (Å²) in [6.07, 6.45) is 0.715. The number of rotatable bonds is 3. The van der Waals surface area contributed by atoms with E-state index in [2.05, 4.69) is 0 Å². The van der Waals surface area contributed by atoms with Gasteiger partial charge in [0.05, 0.1) is 17.2 Å². The molecule has 1 unspecified atom stereocenters. The molecule has 112 valence electrons. The third-order valence-corrected chi connectivity index (χ3v) is 7.17. The SMILES string of the molecule is Cc1csc(CO)c1S(=O)(=O)N1c2ccccc2CC1C. The number of fused-ring (bicyclic) bond motifs is 1. The number of sulfonamides is 1. The molecule has 1 aromatic heterocycles. The molecule has 0 spiro atoms. The van der Waals surface area contributed by atoms with Crippen molar-refractivity contribution >= 4 is 27.0 Å². The van der Waals surface area contributed by atoms with Gasteiger partial charge in [-0.15, -0.1) is 11.3 Å². The van der Waals surface area contributed by atoms with E-state index in [9.17, 15) is 13.5 Å². The van der Waals surface area contributed by atoms with Crippen LogP contribution in [0.5, 0.6) is 0 Å². The highest BCUT2D eigenvalue weighted by atomic mass is 32.2. The molecule has 4 nitrogen and oxygen atoms in total. The second-order valence-corrected chi connectivity index (χ2v) is 8.03. The summed E-state index contributed by atoms with van der Waals surface area (Å²) < 4.78 is 27.7. The zero-order valence-corrected chi connectivity index (χ0v) is 13.5. The molecule has 2 heterocycles. The first-order valence-corrected chi connectivity index (χ1v) is 9.09. The molecule has 0 fully saturated rings. The van der Waals surface area contributed by atoms with E-state index in [1.165, 1.54) is 15.6 Å². The maximum Gasteiger partial charge on any atom is 0.266 e. The van der Waals surface area contributed by atoms with Crippen molar-refractivity contribution in [3.8, 4) is 0 Å². The third-order valence-electron chi connectivity index (χ3n) is 3.79. The van der Waals surface area contributed by atoms with Crippen molar-refractivity contribution in [2.24, 2.45) is 0 Å². The molecular weight excluding hydrogens is 306 g/mol. The predicted molar refractivity (Wildman–Crippen MR) is 84.3 cm³/mol. The normalized spacial score (nSPS) is 18.0. The van der Waals surface area contributed by atoms with Gasteiger partial charge in [-0.1, -0.05) is 18.2 Å². The van der Waals surface area contributed by atoms with E-state index in [-0.39, 0.29) is 17.5 Å². The fraction of sp³-hybridized carbons (Fsp3) is 0.333. The van der Waals surface area contributed by atoms with Gasteiger partial charge in [-0.3, -0.25) is 4.31 Å². The molecule has 6 heteroatoms. The van der Waals surface area contributed by atoms with Gasteiger partial charge in [-0.05, 0) is 42.8 Å². The first-order valence-electron chi connectivity index (χ1n) is 6.77.